The number of rotatable bonds is 5. The van der Waals surface area contributed by atoms with Gasteiger partial charge in [-0.1, -0.05) is 13.8 Å². The lowest BCUT2D eigenvalue weighted by molar-refractivity contribution is -0.0749. The van der Waals surface area contributed by atoms with Gasteiger partial charge in [-0.05, 0) is 12.8 Å². The molecule has 2 atom stereocenters. The maximum absolute atomic E-state index is 9.24. The topological polar surface area (TPSA) is 49.7 Å². The van der Waals surface area contributed by atoms with E-state index in [1.165, 1.54) is 0 Å². The highest BCUT2D eigenvalue weighted by molar-refractivity contribution is 4.70. The second-order valence-electron chi connectivity index (χ2n) is 2.91. The van der Waals surface area contributed by atoms with E-state index in [1.54, 1.807) is 0 Å². The summed E-state index contributed by atoms with van der Waals surface area (Å²) >= 11 is 0. The third kappa shape index (κ3) is 3.70. The van der Waals surface area contributed by atoms with Crippen LogP contribution in [0.5, 0.6) is 0 Å². The van der Waals surface area contributed by atoms with Crippen molar-refractivity contribution in [3.05, 3.63) is 0 Å². The fourth-order valence-electron chi connectivity index (χ4n) is 1.04. The first-order valence-corrected chi connectivity index (χ1v) is 4.04. The monoisotopic (exact) mass is 162 g/mol. The molecule has 11 heavy (non-hydrogen) atoms. The molecule has 0 saturated carbocycles. The third-order valence-electron chi connectivity index (χ3n) is 1.58. The summed E-state index contributed by atoms with van der Waals surface area (Å²) in [7, 11) is 0. The van der Waals surface area contributed by atoms with Crippen LogP contribution < -0.4 is 0 Å². The molecule has 2 unspecified atom stereocenters. The Kier molecular flexibility index (Phi) is 5.46. The zero-order valence-corrected chi connectivity index (χ0v) is 7.45. The van der Waals surface area contributed by atoms with E-state index in [9.17, 15) is 5.11 Å². The Bertz CT molecular complexity index is 93.3. The molecule has 2 N–H and O–H groups in total. The molecule has 3 nitrogen and oxygen atoms in total. The first-order valence-electron chi connectivity index (χ1n) is 4.04. The minimum Gasteiger partial charge on any atom is -0.394 e. The number of hydrogen-bond acceptors (Lipinski definition) is 3. The highest BCUT2D eigenvalue weighted by Crippen LogP contribution is 2.10. The molecular formula is C8H18O3. The molecule has 0 fully saturated rings. The molecule has 0 spiro atoms. The van der Waals surface area contributed by atoms with E-state index in [1.807, 2.05) is 20.8 Å². The van der Waals surface area contributed by atoms with Gasteiger partial charge in [-0.25, -0.2) is 0 Å². The fourth-order valence-corrected chi connectivity index (χ4v) is 1.04. The van der Waals surface area contributed by atoms with Crippen LogP contribution in [0.2, 0.25) is 0 Å². The minimum atomic E-state index is -0.755. The van der Waals surface area contributed by atoms with E-state index in [0.29, 0.717) is 6.61 Å². The van der Waals surface area contributed by atoms with Gasteiger partial charge in [0.1, 0.15) is 6.10 Å². The van der Waals surface area contributed by atoms with Crippen molar-refractivity contribution in [3.63, 3.8) is 0 Å². The van der Waals surface area contributed by atoms with Crippen molar-refractivity contribution in [1.82, 2.24) is 0 Å². The number of aliphatic hydroxyl groups excluding tert-OH is 2. The van der Waals surface area contributed by atoms with Crippen LogP contribution in [0.1, 0.15) is 20.8 Å². The van der Waals surface area contributed by atoms with Crippen LogP contribution in [-0.2, 0) is 4.74 Å². The lowest BCUT2D eigenvalue weighted by atomic mass is 10.0. The lowest BCUT2D eigenvalue weighted by Gasteiger charge is -2.24. The average Bonchev–Trinajstić information content (AvgIpc) is 1.98. The Morgan fingerprint density at radius 3 is 2.18 bits per heavy atom. The Labute approximate surface area is 68.0 Å². The Morgan fingerprint density at radius 2 is 1.91 bits per heavy atom. The van der Waals surface area contributed by atoms with Crippen molar-refractivity contribution in [2.45, 2.75) is 33.0 Å². The maximum Gasteiger partial charge on any atom is 0.103 e. The number of hydrogen-bond donors (Lipinski definition) is 2. The molecule has 0 aromatic rings. The van der Waals surface area contributed by atoms with Crippen molar-refractivity contribution in [1.29, 1.82) is 0 Å². The second-order valence-corrected chi connectivity index (χ2v) is 2.91. The van der Waals surface area contributed by atoms with Gasteiger partial charge in [-0.2, -0.15) is 0 Å². The maximum atomic E-state index is 9.24. The SMILES string of the molecule is CCOC(C(C)C)C(O)CO. The van der Waals surface area contributed by atoms with Gasteiger partial charge in [0.05, 0.1) is 12.7 Å². The van der Waals surface area contributed by atoms with E-state index < -0.39 is 6.10 Å². The van der Waals surface area contributed by atoms with E-state index in [2.05, 4.69) is 0 Å². The molecule has 0 bridgehead atoms. The molecule has 0 aromatic heterocycles. The summed E-state index contributed by atoms with van der Waals surface area (Å²) < 4.78 is 5.25. The van der Waals surface area contributed by atoms with Crippen LogP contribution in [0, 0.1) is 5.92 Å². The molecule has 0 saturated heterocycles. The van der Waals surface area contributed by atoms with E-state index >= 15 is 0 Å². The van der Waals surface area contributed by atoms with E-state index in [-0.39, 0.29) is 18.6 Å². The Hall–Kier alpha value is -0.120. The molecule has 0 heterocycles. The average molecular weight is 162 g/mol. The second kappa shape index (κ2) is 5.52. The Morgan fingerprint density at radius 1 is 1.36 bits per heavy atom. The van der Waals surface area contributed by atoms with Gasteiger partial charge in [-0.3, -0.25) is 0 Å². The van der Waals surface area contributed by atoms with Gasteiger partial charge in [-0.15, -0.1) is 0 Å². The van der Waals surface area contributed by atoms with Crippen LogP contribution in [0.15, 0.2) is 0 Å². The summed E-state index contributed by atoms with van der Waals surface area (Å²) in [4.78, 5) is 0. The van der Waals surface area contributed by atoms with Gasteiger partial charge in [0.2, 0.25) is 0 Å². The summed E-state index contributed by atoms with van der Waals surface area (Å²) in [5.74, 6) is 0.233. The molecule has 0 aromatic carbocycles. The molecular weight excluding hydrogens is 144 g/mol. The predicted molar refractivity (Wildman–Crippen MR) is 43.3 cm³/mol. The molecule has 0 aliphatic rings. The first-order chi connectivity index (χ1) is 5.13. The van der Waals surface area contributed by atoms with Crippen LogP contribution in [-0.4, -0.2) is 35.6 Å². The van der Waals surface area contributed by atoms with Crippen LogP contribution in [0.3, 0.4) is 0 Å². The zero-order chi connectivity index (χ0) is 8.85. The van der Waals surface area contributed by atoms with Crippen molar-refractivity contribution in [3.8, 4) is 0 Å². The van der Waals surface area contributed by atoms with Crippen LogP contribution in [0.4, 0.5) is 0 Å². The summed E-state index contributed by atoms with van der Waals surface area (Å²) in [5.41, 5.74) is 0. The summed E-state index contributed by atoms with van der Waals surface area (Å²) in [5, 5.41) is 17.9. The van der Waals surface area contributed by atoms with E-state index in [0.717, 1.165) is 0 Å². The predicted octanol–water partition coefficient (Wildman–Crippen LogP) is 0.401. The van der Waals surface area contributed by atoms with Gasteiger partial charge in [0, 0.05) is 6.61 Å². The van der Waals surface area contributed by atoms with Crippen molar-refractivity contribution >= 4 is 0 Å². The first kappa shape index (κ1) is 10.9. The van der Waals surface area contributed by atoms with Crippen molar-refractivity contribution in [2.24, 2.45) is 5.92 Å². The summed E-state index contributed by atoms with van der Waals surface area (Å²) in [6, 6.07) is 0. The fraction of sp³-hybridized carbons (Fsp3) is 1.00. The van der Waals surface area contributed by atoms with Gasteiger partial charge < -0.3 is 14.9 Å². The number of aliphatic hydroxyl groups is 2. The normalized spacial score (nSPS) is 16.9. The molecule has 0 aliphatic heterocycles. The van der Waals surface area contributed by atoms with Crippen LogP contribution in [0.25, 0.3) is 0 Å². The Balaban J connectivity index is 3.87. The van der Waals surface area contributed by atoms with Crippen molar-refractivity contribution in [2.75, 3.05) is 13.2 Å². The quantitative estimate of drug-likeness (QED) is 0.615. The minimum absolute atomic E-state index is 0.233. The zero-order valence-electron chi connectivity index (χ0n) is 7.45. The highest BCUT2D eigenvalue weighted by atomic mass is 16.5. The van der Waals surface area contributed by atoms with Crippen molar-refractivity contribution < 1.29 is 14.9 Å². The largest absolute Gasteiger partial charge is 0.394 e. The summed E-state index contributed by atoms with van der Waals surface area (Å²) in [6.07, 6.45) is -1.00. The van der Waals surface area contributed by atoms with Gasteiger partial charge in [0.25, 0.3) is 0 Å². The van der Waals surface area contributed by atoms with Gasteiger partial charge >= 0.3 is 0 Å². The molecule has 0 amide bonds. The lowest BCUT2D eigenvalue weighted by Crippen LogP contribution is -2.36. The highest BCUT2D eigenvalue weighted by Gasteiger charge is 2.21. The smallest absolute Gasteiger partial charge is 0.103 e. The summed E-state index contributed by atoms with van der Waals surface area (Å²) in [6.45, 7) is 6.13. The van der Waals surface area contributed by atoms with Gasteiger partial charge in [0.15, 0.2) is 0 Å². The van der Waals surface area contributed by atoms with E-state index in [4.69, 9.17) is 9.84 Å². The molecule has 3 heteroatoms. The standard InChI is InChI=1S/C8H18O3/c1-4-11-8(6(2)3)7(10)5-9/h6-10H,4-5H2,1-3H3. The molecule has 0 aliphatic carbocycles. The van der Waals surface area contributed by atoms with Crippen LogP contribution >= 0.6 is 0 Å². The molecule has 68 valence electrons. The number of ether oxygens (including phenoxy) is 1. The molecule has 0 radical (unpaired) electrons. The third-order valence-corrected chi connectivity index (χ3v) is 1.58. The molecule has 0 rings (SSSR count).